The van der Waals surface area contributed by atoms with Crippen LogP contribution in [-0.4, -0.2) is 17.7 Å². The zero-order valence-electron chi connectivity index (χ0n) is 11.4. The largest absolute Gasteiger partial charge is 0.387 e. The van der Waals surface area contributed by atoms with E-state index in [0.717, 1.165) is 24.9 Å². The minimum absolute atomic E-state index is 0.236. The molecular formula is C16H25NO. The minimum atomic E-state index is -0.356. The van der Waals surface area contributed by atoms with E-state index in [2.05, 4.69) is 36.5 Å². The monoisotopic (exact) mass is 247 g/mol. The van der Waals surface area contributed by atoms with E-state index in [0.29, 0.717) is 0 Å². The van der Waals surface area contributed by atoms with E-state index < -0.39 is 0 Å². The van der Waals surface area contributed by atoms with Gasteiger partial charge in [-0.25, -0.2) is 0 Å². The fourth-order valence-electron chi connectivity index (χ4n) is 2.64. The summed E-state index contributed by atoms with van der Waals surface area (Å²) < 4.78 is 0. The summed E-state index contributed by atoms with van der Waals surface area (Å²) in [6.07, 6.45) is 6.81. The number of aryl methyl sites for hydroxylation is 1. The summed E-state index contributed by atoms with van der Waals surface area (Å²) in [5, 5.41) is 13.8. The van der Waals surface area contributed by atoms with E-state index >= 15 is 0 Å². The van der Waals surface area contributed by atoms with E-state index in [1.165, 1.54) is 31.2 Å². The number of piperidine rings is 1. The van der Waals surface area contributed by atoms with Crippen molar-refractivity contribution in [2.45, 2.75) is 57.6 Å². The van der Waals surface area contributed by atoms with Gasteiger partial charge in [-0.2, -0.15) is 0 Å². The van der Waals surface area contributed by atoms with Gasteiger partial charge in [0.1, 0.15) is 0 Å². The third-order valence-corrected chi connectivity index (χ3v) is 3.87. The van der Waals surface area contributed by atoms with Gasteiger partial charge in [0.05, 0.1) is 6.10 Å². The fraction of sp³-hybridized carbons (Fsp3) is 0.625. The first-order valence-electron chi connectivity index (χ1n) is 7.31. The number of benzene rings is 1. The SMILES string of the molecule is CCCCc1ccc(C(O)C2CCCCN2)cc1. The molecule has 0 saturated carbocycles. The number of aliphatic hydroxyl groups is 1. The average Bonchev–Trinajstić information content (AvgIpc) is 2.46. The molecule has 2 N–H and O–H groups in total. The van der Waals surface area contributed by atoms with Crippen molar-refractivity contribution in [2.75, 3.05) is 6.54 Å². The molecule has 1 aromatic carbocycles. The number of hydrogen-bond acceptors (Lipinski definition) is 2. The highest BCUT2D eigenvalue weighted by molar-refractivity contribution is 5.25. The van der Waals surface area contributed by atoms with Crippen LogP contribution in [0.2, 0.25) is 0 Å². The number of hydrogen-bond donors (Lipinski definition) is 2. The van der Waals surface area contributed by atoms with Crippen molar-refractivity contribution in [3.63, 3.8) is 0 Å². The molecular weight excluding hydrogens is 222 g/mol. The Morgan fingerprint density at radius 3 is 2.67 bits per heavy atom. The molecule has 0 aliphatic carbocycles. The lowest BCUT2D eigenvalue weighted by atomic mass is 9.94. The van der Waals surface area contributed by atoms with Gasteiger partial charge in [-0.1, -0.05) is 44.0 Å². The maximum absolute atomic E-state index is 10.3. The van der Waals surface area contributed by atoms with Crippen molar-refractivity contribution in [3.8, 4) is 0 Å². The Balaban J connectivity index is 1.95. The molecule has 1 aliphatic rings. The van der Waals surface area contributed by atoms with Gasteiger partial charge in [0.2, 0.25) is 0 Å². The molecule has 0 spiro atoms. The summed E-state index contributed by atoms with van der Waals surface area (Å²) in [6, 6.07) is 8.74. The molecule has 2 atom stereocenters. The molecule has 1 saturated heterocycles. The van der Waals surface area contributed by atoms with Crippen LogP contribution in [0, 0.1) is 0 Å². The Labute approximate surface area is 110 Å². The van der Waals surface area contributed by atoms with Crippen molar-refractivity contribution >= 4 is 0 Å². The summed E-state index contributed by atoms with van der Waals surface area (Å²) in [5.74, 6) is 0. The molecule has 2 rings (SSSR count). The van der Waals surface area contributed by atoms with Crippen LogP contribution in [0.25, 0.3) is 0 Å². The highest BCUT2D eigenvalue weighted by atomic mass is 16.3. The van der Waals surface area contributed by atoms with E-state index in [1.54, 1.807) is 0 Å². The average molecular weight is 247 g/mol. The normalized spacial score (nSPS) is 21.8. The number of nitrogens with one attached hydrogen (secondary N) is 1. The molecule has 1 aromatic rings. The van der Waals surface area contributed by atoms with Gasteiger partial charge in [-0.15, -0.1) is 0 Å². The summed E-state index contributed by atoms with van der Waals surface area (Å²) >= 11 is 0. The van der Waals surface area contributed by atoms with Crippen LogP contribution in [-0.2, 0) is 6.42 Å². The first-order valence-corrected chi connectivity index (χ1v) is 7.31. The molecule has 0 aromatic heterocycles. The minimum Gasteiger partial charge on any atom is -0.387 e. The lowest BCUT2D eigenvalue weighted by Gasteiger charge is -2.28. The summed E-state index contributed by atoms with van der Waals surface area (Å²) in [7, 11) is 0. The zero-order valence-corrected chi connectivity index (χ0v) is 11.4. The lowest BCUT2D eigenvalue weighted by molar-refractivity contribution is 0.114. The molecule has 2 unspecified atom stereocenters. The van der Waals surface area contributed by atoms with Crippen molar-refractivity contribution in [1.29, 1.82) is 0 Å². The lowest BCUT2D eigenvalue weighted by Crippen LogP contribution is -2.38. The Hall–Kier alpha value is -0.860. The van der Waals surface area contributed by atoms with Crippen LogP contribution in [0.15, 0.2) is 24.3 Å². The van der Waals surface area contributed by atoms with Gasteiger partial charge in [-0.05, 0) is 43.4 Å². The van der Waals surface area contributed by atoms with Crippen molar-refractivity contribution in [3.05, 3.63) is 35.4 Å². The number of rotatable bonds is 5. The Morgan fingerprint density at radius 1 is 1.28 bits per heavy atom. The second kappa shape index (κ2) is 6.91. The summed E-state index contributed by atoms with van der Waals surface area (Å²) in [6.45, 7) is 3.25. The standard InChI is InChI=1S/C16H25NO/c1-2-3-6-13-8-10-14(11-9-13)16(18)15-7-4-5-12-17-15/h8-11,15-18H,2-7,12H2,1H3. The van der Waals surface area contributed by atoms with Crippen LogP contribution in [0.1, 0.15) is 56.3 Å². The second-order valence-corrected chi connectivity index (χ2v) is 5.35. The topological polar surface area (TPSA) is 32.3 Å². The molecule has 1 heterocycles. The smallest absolute Gasteiger partial charge is 0.0942 e. The first kappa shape index (κ1) is 13.6. The molecule has 0 radical (unpaired) electrons. The molecule has 0 amide bonds. The maximum atomic E-state index is 10.3. The highest BCUT2D eigenvalue weighted by Gasteiger charge is 2.22. The summed E-state index contributed by atoms with van der Waals surface area (Å²) in [5.41, 5.74) is 2.43. The highest BCUT2D eigenvalue weighted by Crippen LogP contribution is 2.23. The van der Waals surface area contributed by atoms with Crippen LogP contribution < -0.4 is 5.32 Å². The van der Waals surface area contributed by atoms with Crippen LogP contribution in [0.3, 0.4) is 0 Å². The van der Waals surface area contributed by atoms with Crippen molar-refractivity contribution < 1.29 is 5.11 Å². The predicted molar refractivity (Wildman–Crippen MR) is 75.7 cm³/mol. The Bertz CT molecular complexity index is 341. The first-order chi connectivity index (χ1) is 8.81. The van der Waals surface area contributed by atoms with Crippen molar-refractivity contribution in [1.82, 2.24) is 5.32 Å². The number of unbranched alkanes of at least 4 members (excludes halogenated alkanes) is 1. The molecule has 0 bridgehead atoms. The molecule has 18 heavy (non-hydrogen) atoms. The van der Waals surface area contributed by atoms with Crippen LogP contribution in [0.5, 0.6) is 0 Å². The quantitative estimate of drug-likeness (QED) is 0.837. The molecule has 1 aliphatic heterocycles. The zero-order chi connectivity index (χ0) is 12.8. The van der Waals surface area contributed by atoms with E-state index in [4.69, 9.17) is 0 Å². The Kier molecular flexibility index (Phi) is 5.21. The van der Waals surface area contributed by atoms with E-state index in [1.807, 2.05) is 0 Å². The third kappa shape index (κ3) is 3.56. The van der Waals surface area contributed by atoms with Gasteiger partial charge in [0.25, 0.3) is 0 Å². The van der Waals surface area contributed by atoms with Gasteiger partial charge in [-0.3, -0.25) is 0 Å². The van der Waals surface area contributed by atoms with Gasteiger partial charge >= 0.3 is 0 Å². The predicted octanol–water partition coefficient (Wildman–Crippen LogP) is 3.20. The fourth-order valence-corrected chi connectivity index (χ4v) is 2.64. The van der Waals surface area contributed by atoms with Crippen LogP contribution >= 0.6 is 0 Å². The van der Waals surface area contributed by atoms with Crippen molar-refractivity contribution in [2.24, 2.45) is 0 Å². The van der Waals surface area contributed by atoms with Gasteiger partial charge in [0.15, 0.2) is 0 Å². The van der Waals surface area contributed by atoms with E-state index in [9.17, 15) is 5.11 Å². The molecule has 100 valence electrons. The second-order valence-electron chi connectivity index (χ2n) is 5.35. The van der Waals surface area contributed by atoms with E-state index in [-0.39, 0.29) is 12.1 Å². The van der Waals surface area contributed by atoms with Gasteiger partial charge < -0.3 is 10.4 Å². The number of aliphatic hydroxyl groups excluding tert-OH is 1. The molecule has 2 nitrogen and oxygen atoms in total. The van der Waals surface area contributed by atoms with Crippen LogP contribution in [0.4, 0.5) is 0 Å². The summed E-state index contributed by atoms with van der Waals surface area (Å²) in [4.78, 5) is 0. The molecule has 1 fully saturated rings. The van der Waals surface area contributed by atoms with Gasteiger partial charge in [0, 0.05) is 6.04 Å². The maximum Gasteiger partial charge on any atom is 0.0942 e. The Morgan fingerprint density at radius 2 is 2.06 bits per heavy atom. The third-order valence-electron chi connectivity index (χ3n) is 3.87. The molecule has 2 heteroatoms.